The van der Waals surface area contributed by atoms with Gasteiger partial charge in [-0.1, -0.05) is 30.3 Å². The normalized spacial score (nSPS) is 19.7. The number of para-hydroxylation sites is 1. The third-order valence-electron chi connectivity index (χ3n) is 7.33. The Bertz CT molecular complexity index is 1390. The molecule has 36 heavy (non-hydrogen) atoms. The Morgan fingerprint density at radius 1 is 1.08 bits per heavy atom. The second-order valence-electron chi connectivity index (χ2n) is 9.76. The van der Waals surface area contributed by atoms with Crippen molar-refractivity contribution in [3.05, 3.63) is 81.9 Å². The van der Waals surface area contributed by atoms with Crippen LogP contribution in [0.4, 0.5) is 5.69 Å². The number of fused-ring (bicyclic) bond motifs is 1. The Kier molecular flexibility index (Phi) is 6.25. The lowest BCUT2D eigenvalue weighted by molar-refractivity contribution is 0.0906. The van der Waals surface area contributed by atoms with Crippen molar-refractivity contribution in [2.24, 2.45) is 0 Å². The van der Waals surface area contributed by atoms with Gasteiger partial charge in [-0.05, 0) is 65.4 Å². The molecule has 2 atom stereocenters. The van der Waals surface area contributed by atoms with Gasteiger partial charge in [-0.25, -0.2) is 4.68 Å². The zero-order valence-electron chi connectivity index (χ0n) is 20.5. The molecule has 1 N–H and O–H groups in total. The van der Waals surface area contributed by atoms with Crippen molar-refractivity contribution in [3.8, 4) is 0 Å². The van der Waals surface area contributed by atoms with Crippen molar-refractivity contribution in [3.63, 3.8) is 0 Å². The third-order valence-corrected chi connectivity index (χ3v) is 7.33. The molecule has 2 fully saturated rings. The van der Waals surface area contributed by atoms with Crippen molar-refractivity contribution in [2.75, 3.05) is 37.7 Å². The van der Waals surface area contributed by atoms with E-state index in [1.807, 2.05) is 29.8 Å². The van der Waals surface area contributed by atoms with Gasteiger partial charge in [0, 0.05) is 49.6 Å². The molecule has 0 bridgehead atoms. The van der Waals surface area contributed by atoms with Crippen LogP contribution in [0.25, 0.3) is 10.9 Å². The first kappa shape index (κ1) is 22.9. The second kappa shape index (κ2) is 9.83. The summed E-state index contributed by atoms with van der Waals surface area (Å²) in [5.41, 5.74) is 3.74. The number of anilines is 1. The van der Waals surface area contributed by atoms with E-state index in [2.05, 4.69) is 66.7 Å². The quantitative estimate of drug-likeness (QED) is 0.449. The lowest BCUT2D eigenvalue weighted by atomic mass is 10.0. The number of nitrogens with one attached hydrogen (secondary N) is 1. The number of nitrogens with zero attached hydrogens (tertiary/aromatic N) is 6. The van der Waals surface area contributed by atoms with Crippen LogP contribution in [0, 0.1) is 6.92 Å². The summed E-state index contributed by atoms with van der Waals surface area (Å²) < 4.78 is 7.70. The average molecular weight is 486 g/mol. The summed E-state index contributed by atoms with van der Waals surface area (Å²) in [5, 5.41) is 13.8. The molecule has 0 spiro atoms. The van der Waals surface area contributed by atoms with Crippen LogP contribution in [0.1, 0.15) is 35.8 Å². The molecule has 9 nitrogen and oxygen atoms in total. The maximum absolute atomic E-state index is 13.5. The van der Waals surface area contributed by atoms with E-state index in [4.69, 9.17) is 4.74 Å². The zero-order chi connectivity index (χ0) is 24.5. The van der Waals surface area contributed by atoms with Gasteiger partial charge in [0.2, 0.25) is 0 Å². The van der Waals surface area contributed by atoms with Crippen molar-refractivity contribution < 1.29 is 4.74 Å². The molecule has 2 aromatic carbocycles. The largest absolute Gasteiger partial charge is 0.376 e. The van der Waals surface area contributed by atoms with Gasteiger partial charge in [-0.15, -0.1) is 5.10 Å². The fourth-order valence-electron chi connectivity index (χ4n) is 5.43. The van der Waals surface area contributed by atoms with Crippen LogP contribution in [-0.4, -0.2) is 69.0 Å². The number of hydrogen-bond donors (Lipinski definition) is 1. The number of tetrazole rings is 1. The van der Waals surface area contributed by atoms with Crippen LogP contribution in [0.2, 0.25) is 0 Å². The molecule has 0 radical (unpaired) electrons. The van der Waals surface area contributed by atoms with Crippen LogP contribution in [0.3, 0.4) is 0 Å². The zero-order valence-corrected chi connectivity index (χ0v) is 20.5. The minimum absolute atomic E-state index is 0.0979. The molecule has 2 aromatic heterocycles. The van der Waals surface area contributed by atoms with E-state index < -0.39 is 0 Å². The summed E-state index contributed by atoms with van der Waals surface area (Å²) in [4.78, 5) is 21.3. The molecule has 186 valence electrons. The predicted molar refractivity (Wildman–Crippen MR) is 138 cm³/mol. The smallest absolute Gasteiger partial charge is 0.253 e. The van der Waals surface area contributed by atoms with E-state index in [1.54, 1.807) is 0 Å². The molecule has 0 amide bonds. The highest BCUT2D eigenvalue weighted by atomic mass is 16.5. The molecule has 9 heteroatoms. The molecule has 4 aromatic rings. The van der Waals surface area contributed by atoms with Gasteiger partial charge in [0.1, 0.15) is 6.04 Å². The highest BCUT2D eigenvalue weighted by Crippen LogP contribution is 2.29. The van der Waals surface area contributed by atoms with Crippen LogP contribution in [0.5, 0.6) is 0 Å². The minimum atomic E-state index is -0.353. The second-order valence-corrected chi connectivity index (χ2v) is 9.76. The van der Waals surface area contributed by atoms with E-state index in [1.165, 1.54) is 5.69 Å². The fourth-order valence-corrected chi connectivity index (χ4v) is 5.43. The first-order chi connectivity index (χ1) is 17.7. The number of H-pyrrole nitrogens is 1. The Morgan fingerprint density at radius 2 is 1.92 bits per heavy atom. The van der Waals surface area contributed by atoms with Crippen molar-refractivity contribution in [2.45, 2.75) is 38.5 Å². The Morgan fingerprint density at radius 3 is 2.69 bits per heavy atom. The van der Waals surface area contributed by atoms with E-state index in [9.17, 15) is 4.79 Å². The van der Waals surface area contributed by atoms with Crippen molar-refractivity contribution in [1.82, 2.24) is 30.1 Å². The highest BCUT2D eigenvalue weighted by Gasteiger charge is 2.33. The molecule has 2 aliphatic rings. The number of ether oxygens (including phenoxy) is 1. The molecule has 6 rings (SSSR count). The molecule has 2 unspecified atom stereocenters. The van der Waals surface area contributed by atoms with E-state index in [-0.39, 0.29) is 17.7 Å². The summed E-state index contributed by atoms with van der Waals surface area (Å²) in [6.07, 6.45) is 2.15. The Balaban J connectivity index is 1.37. The molecule has 2 aliphatic heterocycles. The van der Waals surface area contributed by atoms with Gasteiger partial charge in [0.25, 0.3) is 5.56 Å². The highest BCUT2D eigenvalue weighted by molar-refractivity contribution is 5.79. The van der Waals surface area contributed by atoms with Crippen LogP contribution >= 0.6 is 0 Å². The SMILES string of the molecule is Cc1ccc2cc(C(c3nnnn3CC3CCCO3)N3CCN(c4ccccc4)CC3)c(=O)[nH]c2c1. The monoisotopic (exact) mass is 485 g/mol. The maximum atomic E-state index is 13.5. The summed E-state index contributed by atoms with van der Waals surface area (Å²) >= 11 is 0. The molecule has 4 heterocycles. The topological polar surface area (TPSA) is 92.2 Å². The van der Waals surface area contributed by atoms with Gasteiger partial charge in [0.05, 0.1) is 12.6 Å². The first-order valence-corrected chi connectivity index (χ1v) is 12.7. The lowest BCUT2D eigenvalue weighted by Crippen LogP contribution is -2.49. The van der Waals surface area contributed by atoms with Crippen LogP contribution in [-0.2, 0) is 11.3 Å². The van der Waals surface area contributed by atoms with Crippen molar-refractivity contribution in [1.29, 1.82) is 0 Å². The van der Waals surface area contributed by atoms with Gasteiger partial charge in [-0.3, -0.25) is 9.69 Å². The van der Waals surface area contributed by atoms with E-state index in [0.29, 0.717) is 17.9 Å². The Hall–Kier alpha value is -3.56. The first-order valence-electron chi connectivity index (χ1n) is 12.7. The number of benzene rings is 2. The third kappa shape index (κ3) is 4.52. The fraction of sp³-hybridized carbons (Fsp3) is 0.407. The molecule has 2 saturated heterocycles. The maximum Gasteiger partial charge on any atom is 0.253 e. The molecular formula is C27H31N7O2. The number of aromatic amines is 1. The average Bonchev–Trinajstić information content (AvgIpc) is 3.58. The summed E-state index contributed by atoms with van der Waals surface area (Å²) in [5.74, 6) is 0.690. The number of aryl methyl sites for hydroxylation is 1. The standard InChI is InChI=1S/C27H31N7O2/c1-19-9-10-20-17-23(27(35)28-24(20)16-19)25(26-29-30-31-34(26)18-22-8-5-15-36-22)33-13-11-32(12-14-33)21-6-3-2-4-7-21/h2-4,6-7,9-10,16-17,22,25H,5,8,11-15,18H2,1H3,(H,28,35). The predicted octanol–water partition coefficient (Wildman–Crippen LogP) is 2.91. The van der Waals surface area contributed by atoms with Crippen molar-refractivity contribution >= 4 is 16.6 Å². The minimum Gasteiger partial charge on any atom is -0.376 e. The summed E-state index contributed by atoms with van der Waals surface area (Å²) in [6.45, 7) is 6.69. The lowest BCUT2D eigenvalue weighted by Gasteiger charge is -2.39. The number of pyridine rings is 1. The Labute approximate surface area is 209 Å². The summed E-state index contributed by atoms with van der Waals surface area (Å²) in [6, 6.07) is 18.3. The number of aromatic nitrogens is 5. The summed E-state index contributed by atoms with van der Waals surface area (Å²) in [7, 11) is 0. The van der Waals surface area contributed by atoms with Gasteiger partial charge >= 0.3 is 0 Å². The van der Waals surface area contributed by atoms with Crippen LogP contribution < -0.4 is 10.5 Å². The van der Waals surface area contributed by atoms with Gasteiger partial charge < -0.3 is 14.6 Å². The number of rotatable bonds is 6. The molecule has 0 saturated carbocycles. The van der Waals surface area contributed by atoms with Crippen LogP contribution in [0.15, 0.2) is 59.4 Å². The molecule has 0 aliphatic carbocycles. The number of hydrogen-bond acceptors (Lipinski definition) is 7. The number of piperazine rings is 1. The van der Waals surface area contributed by atoms with E-state index in [0.717, 1.165) is 62.1 Å². The van der Waals surface area contributed by atoms with Gasteiger partial charge in [-0.2, -0.15) is 0 Å². The van der Waals surface area contributed by atoms with Gasteiger partial charge in [0.15, 0.2) is 5.82 Å². The molecular weight excluding hydrogens is 454 g/mol. The van der Waals surface area contributed by atoms with E-state index >= 15 is 0 Å².